The van der Waals surface area contributed by atoms with E-state index in [0.29, 0.717) is 11.7 Å². The first-order valence-electron chi connectivity index (χ1n) is 6.68. The van der Waals surface area contributed by atoms with E-state index in [-0.39, 0.29) is 0 Å². The predicted molar refractivity (Wildman–Crippen MR) is 77.4 cm³/mol. The van der Waals surface area contributed by atoms with Crippen molar-refractivity contribution in [2.24, 2.45) is 0 Å². The minimum absolute atomic E-state index is 0.307. The number of anilines is 1. The Morgan fingerprint density at radius 3 is 2.95 bits per heavy atom. The highest BCUT2D eigenvalue weighted by Crippen LogP contribution is 2.13. The van der Waals surface area contributed by atoms with Crippen LogP contribution in [0.4, 0.5) is 5.82 Å². The Morgan fingerprint density at radius 1 is 1.20 bits per heavy atom. The van der Waals surface area contributed by atoms with Gasteiger partial charge in [-0.2, -0.15) is 0 Å². The van der Waals surface area contributed by atoms with E-state index >= 15 is 0 Å². The van der Waals surface area contributed by atoms with Gasteiger partial charge in [0.25, 0.3) is 0 Å². The van der Waals surface area contributed by atoms with Crippen molar-refractivity contribution in [3.63, 3.8) is 0 Å². The maximum Gasteiger partial charge on any atom is 0.180 e. The second-order valence-corrected chi connectivity index (χ2v) is 4.76. The quantitative estimate of drug-likeness (QED) is 0.770. The van der Waals surface area contributed by atoms with E-state index in [0.717, 1.165) is 29.9 Å². The number of pyridine rings is 1. The molecule has 0 aliphatic carbocycles. The van der Waals surface area contributed by atoms with Gasteiger partial charge in [0.1, 0.15) is 17.1 Å². The standard InChI is InChI=1S/C15H16N4O/c1-11(4-5-12-3-2-10-20-12)18-14-7-6-13-15(19-14)17-9-8-16-13/h2-3,6-11H,4-5H2,1H3,(H,17,18,19). The Balaban J connectivity index is 1.63. The summed E-state index contributed by atoms with van der Waals surface area (Å²) in [6, 6.07) is 8.08. The molecule has 0 amide bonds. The predicted octanol–water partition coefficient (Wildman–Crippen LogP) is 3.05. The van der Waals surface area contributed by atoms with Crippen LogP contribution in [-0.2, 0) is 6.42 Å². The van der Waals surface area contributed by atoms with Crippen molar-refractivity contribution in [2.75, 3.05) is 5.32 Å². The molecule has 0 fully saturated rings. The van der Waals surface area contributed by atoms with Crippen molar-refractivity contribution < 1.29 is 4.42 Å². The lowest BCUT2D eigenvalue weighted by atomic mass is 10.1. The van der Waals surface area contributed by atoms with Gasteiger partial charge >= 0.3 is 0 Å². The molecule has 0 spiro atoms. The molecule has 0 saturated carbocycles. The Labute approximate surface area is 117 Å². The maximum absolute atomic E-state index is 5.33. The number of furan rings is 1. The third-order valence-electron chi connectivity index (χ3n) is 3.13. The monoisotopic (exact) mass is 268 g/mol. The molecule has 0 saturated heterocycles. The van der Waals surface area contributed by atoms with Gasteiger partial charge in [-0.15, -0.1) is 0 Å². The Bertz CT molecular complexity index is 681. The second kappa shape index (κ2) is 5.69. The molecular weight excluding hydrogens is 252 g/mol. The molecular formula is C15H16N4O. The number of nitrogens with zero attached hydrogens (tertiary/aromatic N) is 3. The molecule has 0 aromatic carbocycles. The molecule has 1 atom stereocenters. The van der Waals surface area contributed by atoms with E-state index in [1.54, 1.807) is 18.7 Å². The number of nitrogens with one attached hydrogen (secondary N) is 1. The van der Waals surface area contributed by atoms with Gasteiger partial charge in [-0.05, 0) is 37.6 Å². The molecule has 0 radical (unpaired) electrons. The molecule has 3 rings (SSSR count). The lowest BCUT2D eigenvalue weighted by Gasteiger charge is -2.13. The van der Waals surface area contributed by atoms with Crippen LogP contribution in [0.5, 0.6) is 0 Å². The van der Waals surface area contributed by atoms with Crippen molar-refractivity contribution in [3.8, 4) is 0 Å². The van der Waals surface area contributed by atoms with Crippen molar-refractivity contribution in [1.82, 2.24) is 15.0 Å². The first-order chi connectivity index (χ1) is 9.81. The fraction of sp³-hybridized carbons (Fsp3) is 0.267. The molecule has 102 valence electrons. The third-order valence-corrected chi connectivity index (χ3v) is 3.13. The summed E-state index contributed by atoms with van der Waals surface area (Å²) in [5.41, 5.74) is 1.47. The molecule has 5 heteroatoms. The molecule has 3 heterocycles. The molecule has 1 N–H and O–H groups in total. The number of aromatic nitrogens is 3. The lowest BCUT2D eigenvalue weighted by molar-refractivity contribution is 0.495. The van der Waals surface area contributed by atoms with Crippen molar-refractivity contribution in [3.05, 3.63) is 48.7 Å². The van der Waals surface area contributed by atoms with Gasteiger partial charge in [0.05, 0.1) is 6.26 Å². The molecule has 3 aromatic rings. The van der Waals surface area contributed by atoms with E-state index in [1.807, 2.05) is 24.3 Å². The van der Waals surface area contributed by atoms with Crippen LogP contribution >= 0.6 is 0 Å². The average Bonchev–Trinajstić information content (AvgIpc) is 2.98. The van der Waals surface area contributed by atoms with Crippen LogP contribution in [-0.4, -0.2) is 21.0 Å². The fourth-order valence-corrected chi connectivity index (χ4v) is 2.07. The van der Waals surface area contributed by atoms with Gasteiger partial charge in [-0.1, -0.05) is 0 Å². The van der Waals surface area contributed by atoms with Crippen LogP contribution in [0.2, 0.25) is 0 Å². The zero-order valence-electron chi connectivity index (χ0n) is 11.3. The van der Waals surface area contributed by atoms with Crippen LogP contribution in [0.3, 0.4) is 0 Å². The largest absolute Gasteiger partial charge is 0.469 e. The van der Waals surface area contributed by atoms with Crippen LogP contribution < -0.4 is 5.32 Å². The zero-order valence-corrected chi connectivity index (χ0v) is 11.3. The van der Waals surface area contributed by atoms with Gasteiger partial charge < -0.3 is 9.73 Å². The smallest absolute Gasteiger partial charge is 0.180 e. The summed E-state index contributed by atoms with van der Waals surface area (Å²) in [5, 5.41) is 3.38. The number of fused-ring (bicyclic) bond motifs is 1. The Morgan fingerprint density at radius 2 is 2.10 bits per heavy atom. The van der Waals surface area contributed by atoms with E-state index in [1.165, 1.54) is 0 Å². The second-order valence-electron chi connectivity index (χ2n) is 4.76. The fourth-order valence-electron chi connectivity index (χ4n) is 2.07. The van der Waals surface area contributed by atoms with E-state index in [2.05, 4.69) is 27.2 Å². The summed E-state index contributed by atoms with van der Waals surface area (Å²) >= 11 is 0. The van der Waals surface area contributed by atoms with Crippen molar-refractivity contribution >= 4 is 17.0 Å². The summed E-state index contributed by atoms with van der Waals surface area (Å²) in [6.07, 6.45) is 6.92. The summed E-state index contributed by atoms with van der Waals surface area (Å²) in [4.78, 5) is 12.9. The maximum atomic E-state index is 5.33. The highest BCUT2D eigenvalue weighted by molar-refractivity contribution is 5.71. The minimum atomic E-state index is 0.307. The Hall–Kier alpha value is -2.43. The SMILES string of the molecule is CC(CCc1ccco1)Nc1ccc2nccnc2n1. The Kier molecular flexibility index (Phi) is 3.58. The topological polar surface area (TPSA) is 63.8 Å². The van der Waals surface area contributed by atoms with Gasteiger partial charge in [0.2, 0.25) is 0 Å². The highest BCUT2D eigenvalue weighted by Gasteiger charge is 2.06. The van der Waals surface area contributed by atoms with Gasteiger partial charge in [-0.25, -0.2) is 9.97 Å². The average molecular weight is 268 g/mol. The highest BCUT2D eigenvalue weighted by atomic mass is 16.3. The molecule has 0 bridgehead atoms. The lowest BCUT2D eigenvalue weighted by Crippen LogP contribution is -2.16. The van der Waals surface area contributed by atoms with Crippen LogP contribution in [0.1, 0.15) is 19.1 Å². The van der Waals surface area contributed by atoms with Crippen LogP contribution in [0, 0.1) is 0 Å². The zero-order chi connectivity index (χ0) is 13.8. The molecule has 20 heavy (non-hydrogen) atoms. The minimum Gasteiger partial charge on any atom is -0.469 e. The van der Waals surface area contributed by atoms with Crippen LogP contribution in [0.25, 0.3) is 11.2 Å². The number of aryl methyl sites for hydroxylation is 1. The van der Waals surface area contributed by atoms with Gasteiger partial charge in [0, 0.05) is 24.9 Å². The summed E-state index contributed by atoms with van der Waals surface area (Å²) in [7, 11) is 0. The molecule has 3 aromatic heterocycles. The van der Waals surface area contributed by atoms with Crippen molar-refractivity contribution in [1.29, 1.82) is 0 Å². The summed E-state index contributed by atoms with van der Waals surface area (Å²) < 4.78 is 5.33. The molecule has 0 aliphatic rings. The van der Waals surface area contributed by atoms with Gasteiger partial charge in [-0.3, -0.25) is 4.98 Å². The van der Waals surface area contributed by atoms with Gasteiger partial charge in [0.15, 0.2) is 5.65 Å². The summed E-state index contributed by atoms with van der Waals surface area (Å²) in [5.74, 6) is 1.83. The normalized spacial score (nSPS) is 12.4. The van der Waals surface area contributed by atoms with E-state index in [4.69, 9.17) is 4.42 Å². The summed E-state index contributed by atoms with van der Waals surface area (Å²) in [6.45, 7) is 2.13. The number of rotatable bonds is 5. The molecule has 5 nitrogen and oxygen atoms in total. The van der Waals surface area contributed by atoms with E-state index in [9.17, 15) is 0 Å². The first kappa shape index (κ1) is 12.6. The number of hydrogen-bond donors (Lipinski definition) is 1. The third kappa shape index (κ3) is 2.93. The molecule has 0 aliphatic heterocycles. The first-order valence-corrected chi connectivity index (χ1v) is 6.68. The molecule has 1 unspecified atom stereocenters. The van der Waals surface area contributed by atoms with Crippen molar-refractivity contribution in [2.45, 2.75) is 25.8 Å². The van der Waals surface area contributed by atoms with Crippen LogP contribution in [0.15, 0.2) is 47.3 Å². The van der Waals surface area contributed by atoms with E-state index < -0.39 is 0 Å². The number of hydrogen-bond acceptors (Lipinski definition) is 5.